The second kappa shape index (κ2) is 2.78. The lowest BCUT2D eigenvalue weighted by atomic mass is 10.4. The van der Waals surface area contributed by atoms with Crippen molar-refractivity contribution in [2.75, 3.05) is 6.54 Å². The largest absolute Gasteiger partial charge is 0.183 e. The summed E-state index contributed by atoms with van der Waals surface area (Å²) in [7, 11) is 0. The summed E-state index contributed by atoms with van der Waals surface area (Å²) in [6, 6.07) is 0. The number of hydrogen-bond acceptors (Lipinski definition) is 1. The molecule has 1 aliphatic heterocycles. The molecule has 50 valence electrons. The fourth-order valence-electron chi connectivity index (χ4n) is 0.913. The van der Waals surface area contributed by atoms with Gasteiger partial charge in [-0.3, -0.25) is 0 Å². The molecule has 9 heavy (non-hydrogen) atoms. The van der Waals surface area contributed by atoms with Crippen LogP contribution in [0.2, 0.25) is 0 Å². The zero-order chi connectivity index (χ0) is 6.69. The van der Waals surface area contributed by atoms with Crippen LogP contribution in [0.15, 0.2) is 17.4 Å². The van der Waals surface area contributed by atoms with E-state index in [0.29, 0.717) is 0 Å². The second-order valence-electron chi connectivity index (χ2n) is 2.33. The summed E-state index contributed by atoms with van der Waals surface area (Å²) >= 11 is 0. The zero-order valence-corrected chi connectivity index (χ0v) is 6.02. The Labute approximate surface area is 55.9 Å². The van der Waals surface area contributed by atoms with Gasteiger partial charge in [0.1, 0.15) is 12.7 Å². The second-order valence-corrected chi connectivity index (χ2v) is 2.33. The summed E-state index contributed by atoms with van der Waals surface area (Å²) in [5, 5.41) is 5.53. The average Bonchev–Trinajstić information content (AvgIpc) is 2.17. The molecular formula is C7H13N2+. The molecule has 0 fully saturated rings. The lowest BCUT2D eigenvalue weighted by Gasteiger charge is -1.99. The maximum atomic E-state index is 4.30. The number of nitrogens with one attached hydrogen (secondary N) is 1. The molecule has 2 heteroatoms. The maximum absolute atomic E-state index is 4.30. The van der Waals surface area contributed by atoms with Crippen molar-refractivity contribution in [3.05, 3.63) is 12.3 Å². The van der Waals surface area contributed by atoms with Gasteiger partial charge in [0.2, 0.25) is 0 Å². The van der Waals surface area contributed by atoms with Crippen molar-refractivity contribution in [2.24, 2.45) is 5.10 Å². The first-order valence-electron chi connectivity index (χ1n) is 3.42. The molecule has 0 aromatic heterocycles. The van der Waals surface area contributed by atoms with E-state index in [4.69, 9.17) is 0 Å². The summed E-state index contributed by atoms with van der Waals surface area (Å²) in [6.45, 7) is 5.32. The van der Waals surface area contributed by atoms with Crippen LogP contribution >= 0.6 is 0 Å². The van der Waals surface area contributed by atoms with Crippen LogP contribution in [0.5, 0.6) is 0 Å². The molecule has 1 heterocycles. The van der Waals surface area contributed by atoms with E-state index in [9.17, 15) is 0 Å². The number of quaternary nitrogens is 1. The number of rotatable bonds is 2. The Hall–Kier alpha value is -0.630. The fraction of sp³-hybridized carbons (Fsp3) is 0.571. The Bertz CT molecular complexity index is 147. The highest BCUT2D eigenvalue weighted by Gasteiger charge is 2.06. The van der Waals surface area contributed by atoms with Crippen LogP contribution in [-0.4, -0.2) is 12.3 Å². The Morgan fingerprint density at radius 2 is 2.44 bits per heavy atom. The van der Waals surface area contributed by atoms with Gasteiger partial charge in [-0.15, -0.1) is 0 Å². The molecule has 0 saturated carbocycles. The van der Waals surface area contributed by atoms with E-state index in [2.05, 4.69) is 24.3 Å². The molecular weight excluding hydrogens is 112 g/mol. The van der Waals surface area contributed by atoms with Gasteiger partial charge in [0, 0.05) is 6.08 Å². The Balaban J connectivity index is 2.40. The van der Waals surface area contributed by atoms with Crippen molar-refractivity contribution in [1.29, 1.82) is 0 Å². The predicted molar refractivity (Wildman–Crippen MR) is 38.4 cm³/mol. The molecule has 1 atom stereocenters. The van der Waals surface area contributed by atoms with E-state index < -0.39 is 0 Å². The predicted octanol–water partition coefficient (Wildman–Crippen LogP) is 0.185. The molecule has 0 spiro atoms. The third kappa shape index (κ3) is 1.64. The third-order valence-corrected chi connectivity index (χ3v) is 1.34. The smallest absolute Gasteiger partial charge is 0.123 e. The molecule has 0 aliphatic carbocycles. The molecule has 0 amide bonds. The van der Waals surface area contributed by atoms with Gasteiger partial charge >= 0.3 is 0 Å². The molecule has 1 rings (SSSR count). The fourth-order valence-corrected chi connectivity index (χ4v) is 0.913. The maximum Gasteiger partial charge on any atom is 0.123 e. The van der Waals surface area contributed by atoms with Crippen LogP contribution in [0.1, 0.15) is 20.3 Å². The van der Waals surface area contributed by atoms with Gasteiger partial charge in [-0.05, 0) is 13.3 Å². The molecule has 0 radical (unpaired) electrons. The van der Waals surface area contributed by atoms with Crippen LogP contribution in [0, 0.1) is 0 Å². The van der Waals surface area contributed by atoms with Gasteiger partial charge in [-0.1, -0.05) is 12.0 Å². The third-order valence-electron chi connectivity index (χ3n) is 1.34. The van der Waals surface area contributed by atoms with E-state index in [0.717, 1.165) is 12.3 Å². The van der Waals surface area contributed by atoms with Gasteiger partial charge in [0.25, 0.3) is 0 Å². The van der Waals surface area contributed by atoms with Crippen molar-refractivity contribution in [2.45, 2.75) is 20.3 Å². The Morgan fingerprint density at radius 1 is 1.67 bits per heavy atom. The van der Waals surface area contributed by atoms with E-state index in [1.807, 2.05) is 6.92 Å². The van der Waals surface area contributed by atoms with Gasteiger partial charge in [0.15, 0.2) is 0 Å². The number of nitrogens with zero attached hydrogens (tertiary/aromatic N) is 1. The average molecular weight is 125 g/mol. The topological polar surface area (TPSA) is 16.8 Å². The van der Waals surface area contributed by atoms with E-state index in [-0.39, 0.29) is 0 Å². The van der Waals surface area contributed by atoms with Crippen LogP contribution in [0.4, 0.5) is 0 Å². The SMILES string of the molecule is CCC[NH+]1C=CC(C)=N1. The van der Waals surface area contributed by atoms with Crippen molar-refractivity contribution in [3.8, 4) is 0 Å². The summed E-state index contributed by atoms with van der Waals surface area (Å²) < 4.78 is 0. The molecule has 0 aromatic carbocycles. The Kier molecular flexibility index (Phi) is 2.01. The zero-order valence-electron chi connectivity index (χ0n) is 6.02. The van der Waals surface area contributed by atoms with Crippen LogP contribution in [0.3, 0.4) is 0 Å². The quantitative estimate of drug-likeness (QED) is 0.542. The minimum Gasteiger partial charge on any atom is -0.183 e. The van der Waals surface area contributed by atoms with Gasteiger partial charge in [-0.2, -0.15) is 5.01 Å². The first-order valence-corrected chi connectivity index (χ1v) is 3.42. The standard InChI is InChI=1S/C7H12N2/c1-3-5-9-6-4-7(2)8-9/h4,6H,3,5H2,1-2H3/p+1. The van der Waals surface area contributed by atoms with E-state index in [1.54, 1.807) is 0 Å². The van der Waals surface area contributed by atoms with E-state index >= 15 is 0 Å². The summed E-state index contributed by atoms with van der Waals surface area (Å²) in [6.07, 6.45) is 5.35. The molecule has 0 bridgehead atoms. The molecule has 1 aliphatic rings. The van der Waals surface area contributed by atoms with Crippen molar-refractivity contribution in [1.82, 2.24) is 0 Å². The molecule has 1 N–H and O–H groups in total. The van der Waals surface area contributed by atoms with Gasteiger partial charge in [0.05, 0.1) is 5.71 Å². The highest BCUT2D eigenvalue weighted by Crippen LogP contribution is 1.80. The Morgan fingerprint density at radius 3 is 2.89 bits per heavy atom. The van der Waals surface area contributed by atoms with Crippen LogP contribution in [-0.2, 0) is 0 Å². The lowest BCUT2D eigenvalue weighted by Crippen LogP contribution is -3.01. The van der Waals surface area contributed by atoms with Crippen molar-refractivity contribution < 1.29 is 5.01 Å². The van der Waals surface area contributed by atoms with Gasteiger partial charge < -0.3 is 0 Å². The highest BCUT2D eigenvalue weighted by molar-refractivity contribution is 5.92. The lowest BCUT2D eigenvalue weighted by molar-refractivity contribution is -0.851. The van der Waals surface area contributed by atoms with Crippen LogP contribution in [0.25, 0.3) is 0 Å². The van der Waals surface area contributed by atoms with Crippen molar-refractivity contribution in [3.63, 3.8) is 0 Å². The number of hydrogen-bond donors (Lipinski definition) is 1. The first-order chi connectivity index (χ1) is 4.33. The van der Waals surface area contributed by atoms with Crippen LogP contribution < -0.4 is 5.01 Å². The number of allylic oxidation sites excluding steroid dienone is 1. The molecule has 2 nitrogen and oxygen atoms in total. The highest BCUT2D eigenvalue weighted by atomic mass is 15.4. The van der Waals surface area contributed by atoms with Gasteiger partial charge in [-0.25, -0.2) is 0 Å². The van der Waals surface area contributed by atoms with Crippen molar-refractivity contribution >= 4 is 5.71 Å². The van der Waals surface area contributed by atoms with E-state index in [1.165, 1.54) is 11.4 Å². The minimum absolute atomic E-state index is 1.12. The summed E-state index contributed by atoms with van der Waals surface area (Å²) in [5.41, 5.74) is 1.14. The summed E-state index contributed by atoms with van der Waals surface area (Å²) in [5.74, 6) is 0. The normalized spacial score (nSPS) is 24.7. The molecule has 0 saturated heterocycles. The molecule has 1 unspecified atom stereocenters. The summed E-state index contributed by atoms with van der Waals surface area (Å²) in [4.78, 5) is 0. The molecule has 0 aromatic rings. The monoisotopic (exact) mass is 125 g/mol. The minimum atomic E-state index is 1.12. The first kappa shape index (κ1) is 6.49.